The molecular weight excluding hydrogens is 386 g/mol. The molecule has 4 aromatic rings. The first-order chi connectivity index (χ1) is 15.0. The van der Waals surface area contributed by atoms with E-state index in [2.05, 4.69) is 10.6 Å². The highest BCUT2D eigenvalue weighted by Gasteiger charge is 2.16. The molecule has 5 heteroatoms. The summed E-state index contributed by atoms with van der Waals surface area (Å²) in [4.78, 5) is 29.2. The molecule has 31 heavy (non-hydrogen) atoms. The van der Waals surface area contributed by atoms with Crippen molar-refractivity contribution in [1.29, 1.82) is 0 Å². The summed E-state index contributed by atoms with van der Waals surface area (Å²) in [6.07, 6.45) is 0. The maximum atomic E-state index is 13.2. The fraction of sp³-hybridized carbons (Fsp3) is 0.115. The number of fused-ring (bicyclic) bond motifs is 1. The van der Waals surface area contributed by atoms with Gasteiger partial charge in [0.25, 0.3) is 5.91 Å². The minimum absolute atomic E-state index is 0.122. The average Bonchev–Trinajstić information content (AvgIpc) is 2.79. The lowest BCUT2D eigenvalue weighted by molar-refractivity contribution is -0.114. The van der Waals surface area contributed by atoms with Crippen LogP contribution in [-0.2, 0) is 4.79 Å². The zero-order chi connectivity index (χ0) is 21.8. The van der Waals surface area contributed by atoms with Gasteiger partial charge in [0, 0.05) is 23.6 Å². The molecule has 1 unspecified atom stereocenters. The Morgan fingerprint density at radius 2 is 1.55 bits per heavy atom. The standard InChI is InChI=1S/C26H23N3O2/c1-17(19-8-4-3-5-9-19)27-26(31)23-16-25(29-24-11-7-6-10-22(23)24)20-12-14-21(15-13-20)28-18(2)30/h3-17H,1-2H3,(H,27,31)(H,28,30). The van der Waals surface area contributed by atoms with Gasteiger partial charge in [-0.25, -0.2) is 4.98 Å². The van der Waals surface area contributed by atoms with E-state index in [4.69, 9.17) is 4.98 Å². The number of nitrogens with one attached hydrogen (secondary N) is 2. The van der Waals surface area contributed by atoms with Crippen LogP contribution in [-0.4, -0.2) is 16.8 Å². The summed E-state index contributed by atoms with van der Waals surface area (Å²) in [5.41, 5.74) is 4.66. The van der Waals surface area contributed by atoms with Crippen molar-refractivity contribution in [1.82, 2.24) is 10.3 Å². The number of amides is 2. The van der Waals surface area contributed by atoms with Crippen LogP contribution in [0.5, 0.6) is 0 Å². The van der Waals surface area contributed by atoms with Gasteiger partial charge in [-0.3, -0.25) is 9.59 Å². The monoisotopic (exact) mass is 409 g/mol. The van der Waals surface area contributed by atoms with Crippen molar-refractivity contribution in [2.75, 3.05) is 5.32 Å². The molecule has 2 amide bonds. The van der Waals surface area contributed by atoms with Crippen LogP contribution in [0.3, 0.4) is 0 Å². The molecule has 0 aliphatic rings. The third-order valence-electron chi connectivity index (χ3n) is 5.11. The summed E-state index contributed by atoms with van der Waals surface area (Å²) in [6, 6.07) is 26.6. The number of hydrogen-bond donors (Lipinski definition) is 2. The molecule has 1 atom stereocenters. The Kier molecular flexibility index (Phi) is 5.76. The minimum Gasteiger partial charge on any atom is -0.345 e. The highest BCUT2D eigenvalue weighted by molar-refractivity contribution is 6.07. The summed E-state index contributed by atoms with van der Waals surface area (Å²) >= 11 is 0. The summed E-state index contributed by atoms with van der Waals surface area (Å²) in [5.74, 6) is -0.269. The topological polar surface area (TPSA) is 71.1 Å². The quantitative estimate of drug-likeness (QED) is 0.467. The van der Waals surface area contributed by atoms with Crippen LogP contribution in [0, 0.1) is 0 Å². The van der Waals surface area contributed by atoms with Gasteiger partial charge in [-0.05, 0) is 36.8 Å². The highest BCUT2D eigenvalue weighted by Crippen LogP contribution is 2.26. The second kappa shape index (κ2) is 8.79. The fourth-order valence-corrected chi connectivity index (χ4v) is 3.54. The van der Waals surface area contributed by atoms with Crippen molar-refractivity contribution >= 4 is 28.4 Å². The molecule has 0 saturated heterocycles. The van der Waals surface area contributed by atoms with Crippen molar-refractivity contribution in [3.63, 3.8) is 0 Å². The molecule has 2 N–H and O–H groups in total. The zero-order valence-corrected chi connectivity index (χ0v) is 17.4. The molecule has 1 heterocycles. The molecule has 0 aliphatic carbocycles. The van der Waals surface area contributed by atoms with Crippen LogP contribution in [0.25, 0.3) is 22.2 Å². The normalized spacial score (nSPS) is 11.7. The van der Waals surface area contributed by atoms with Gasteiger partial charge in [0.05, 0.1) is 22.8 Å². The van der Waals surface area contributed by atoms with Gasteiger partial charge in [-0.15, -0.1) is 0 Å². The Hall–Kier alpha value is -3.99. The predicted octanol–water partition coefficient (Wildman–Crippen LogP) is 5.35. The first-order valence-electron chi connectivity index (χ1n) is 10.1. The Balaban J connectivity index is 1.69. The number of carbonyl (C=O) groups excluding carboxylic acids is 2. The Morgan fingerprint density at radius 1 is 0.871 bits per heavy atom. The molecule has 4 rings (SSSR count). The van der Waals surface area contributed by atoms with E-state index < -0.39 is 0 Å². The maximum Gasteiger partial charge on any atom is 0.252 e. The Bertz CT molecular complexity index is 1230. The SMILES string of the molecule is CC(=O)Nc1ccc(-c2cc(C(=O)NC(C)c3ccccc3)c3ccccc3n2)cc1. The number of benzene rings is 3. The highest BCUT2D eigenvalue weighted by atomic mass is 16.2. The van der Waals surface area contributed by atoms with E-state index >= 15 is 0 Å². The number of anilines is 1. The maximum absolute atomic E-state index is 13.2. The lowest BCUT2D eigenvalue weighted by atomic mass is 10.0. The second-order valence-corrected chi connectivity index (χ2v) is 7.44. The molecule has 5 nitrogen and oxygen atoms in total. The molecule has 154 valence electrons. The van der Waals surface area contributed by atoms with E-state index in [1.807, 2.05) is 91.9 Å². The number of hydrogen-bond acceptors (Lipinski definition) is 3. The van der Waals surface area contributed by atoms with Gasteiger partial charge in [0.15, 0.2) is 0 Å². The van der Waals surface area contributed by atoms with E-state index in [0.29, 0.717) is 16.9 Å². The molecule has 0 saturated carbocycles. The summed E-state index contributed by atoms with van der Waals surface area (Å²) in [7, 11) is 0. The third kappa shape index (κ3) is 4.61. The van der Waals surface area contributed by atoms with Crippen LogP contribution in [0.15, 0.2) is 84.9 Å². The van der Waals surface area contributed by atoms with Crippen molar-refractivity contribution in [2.24, 2.45) is 0 Å². The third-order valence-corrected chi connectivity index (χ3v) is 5.11. The minimum atomic E-state index is -0.147. The van der Waals surface area contributed by atoms with E-state index in [1.165, 1.54) is 6.92 Å². The lowest BCUT2D eigenvalue weighted by Crippen LogP contribution is -2.27. The number of para-hydroxylation sites is 1. The largest absolute Gasteiger partial charge is 0.345 e. The molecular formula is C26H23N3O2. The van der Waals surface area contributed by atoms with Crippen molar-refractivity contribution in [3.8, 4) is 11.3 Å². The number of carbonyl (C=O) groups is 2. The fourth-order valence-electron chi connectivity index (χ4n) is 3.54. The first kappa shape index (κ1) is 20.3. The van der Waals surface area contributed by atoms with Gasteiger partial charge in [0.2, 0.25) is 5.91 Å². The smallest absolute Gasteiger partial charge is 0.252 e. The first-order valence-corrected chi connectivity index (χ1v) is 10.1. The van der Waals surface area contributed by atoms with Gasteiger partial charge >= 0.3 is 0 Å². The molecule has 0 radical (unpaired) electrons. The molecule has 3 aromatic carbocycles. The van der Waals surface area contributed by atoms with E-state index in [-0.39, 0.29) is 17.9 Å². The van der Waals surface area contributed by atoms with Crippen molar-refractivity contribution in [3.05, 3.63) is 96.1 Å². The molecule has 1 aromatic heterocycles. The van der Waals surface area contributed by atoms with Gasteiger partial charge in [-0.1, -0.05) is 60.7 Å². The van der Waals surface area contributed by atoms with Gasteiger partial charge in [0.1, 0.15) is 0 Å². The van der Waals surface area contributed by atoms with Gasteiger partial charge < -0.3 is 10.6 Å². The van der Waals surface area contributed by atoms with E-state index in [9.17, 15) is 9.59 Å². The molecule has 0 bridgehead atoms. The lowest BCUT2D eigenvalue weighted by Gasteiger charge is -2.16. The second-order valence-electron chi connectivity index (χ2n) is 7.44. The summed E-state index contributed by atoms with van der Waals surface area (Å²) in [6.45, 7) is 3.44. The summed E-state index contributed by atoms with van der Waals surface area (Å²) < 4.78 is 0. The van der Waals surface area contributed by atoms with Crippen LogP contribution >= 0.6 is 0 Å². The number of aromatic nitrogens is 1. The molecule has 0 aliphatic heterocycles. The number of rotatable bonds is 5. The van der Waals surface area contributed by atoms with Crippen LogP contribution < -0.4 is 10.6 Å². The van der Waals surface area contributed by atoms with Crippen molar-refractivity contribution in [2.45, 2.75) is 19.9 Å². The zero-order valence-electron chi connectivity index (χ0n) is 17.4. The number of pyridine rings is 1. The Labute approximate surface area is 181 Å². The Morgan fingerprint density at radius 3 is 2.26 bits per heavy atom. The van der Waals surface area contributed by atoms with Gasteiger partial charge in [-0.2, -0.15) is 0 Å². The summed E-state index contributed by atoms with van der Waals surface area (Å²) in [5, 5.41) is 6.66. The molecule has 0 spiro atoms. The van der Waals surface area contributed by atoms with Crippen LogP contribution in [0.4, 0.5) is 5.69 Å². The number of nitrogens with zero attached hydrogens (tertiary/aromatic N) is 1. The van der Waals surface area contributed by atoms with Crippen LogP contribution in [0.2, 0.25) is 0 Å². The van der Waals surface area contributed by atoms with Crippen LogP contribution in [0.1, 0.15) is 35.8 Å². The van der Waals surface area contributed by atoms with E-state index in [0.717, 1.165) is 22.0 Å². The predicted molar refractivity (Wildman–Crippen MR) is 124 cm³/mol. The molecule has 0 fully saturated rings. The average molecular weight is 409 g/mol. The van der Waals surface area contributed by atoms with E-state index in [1.54, 1.807) is 0 Å². The van der Waals surface area contributed by atoms with Crippen molar-refractivity contribution < 1.29 is 9.59 Å².